The fraction of sp³-hybridized carbons (Fsp3) is 0.0588. The van der Waals surface area contributed by atoms with Gasteiger partial charge in [-0.3, -0.25) is 4.79 Å². The summed E-state index contributed by atoms with van der Waals surface area (Å²) in [5.74, 6) is -0.197. The molecule has 110 valence electrons. The van der Waals surface area contributed by atoms with Crippen molar-refractivity contribution in [1.82, 2.24) is 0 Å². The van der Waals surface area contributed by atoms with Gasteiger partial charge in [-0.15, -0.1) is 0 Å². The zero-order valence-electron chi connectivity index (χ0n) is 11.6. The van der Waals surface area contributed by atoms with Crippen molar-refractivity contribution in [3.63, 3.8) is 0 Å². The van der Waals surface area contributed by atoms with Crippen LogP contribution in [0.2, 0.25) is 0 Å². The number of carbonyl (C=O) groups is 1. The first-order chi connectivity index (χ1) is 10.6. The summed E-state index contributed by atoms with van der Waals surface area (Å²) in [6.07, 6.45) is 1.42. The van der Waals surface area contributed by atoms with Crippen LogP contribution >= 0.6 is 15.9 Å². The molecule has 0 saturated heterocycles. The Balaban J connectivity index is 2.28. The van der Waals surface area contributed by atoms with E-state index in [1.54, 1.807) is 18.2 Å². The molecule has 0 bridgehead atoms. The van der Waals surface area contributed by atoms with E-state index in [1.165, 1.54) is 6.08 Å². The number of rotatable bonds is 5. The summed E-state index contributed by atoms with van der Waals surface area (Å²) in [5.41, 5.74) is 6.68. The van der Waals surface area contributed by atoms with Crippen molar-refractivity contribution in [1.29, 1.82) is 5.26 Å². The van der Waals surface area contributed by atoms with Gasteiger partial charge in [-0.2, -0.15) is 5.26 Å². The van der Waals surface area contributed by atoms with E-state index in [0.717, 1.165) is 10.0 Å². The predicted molar refractivity (Wildman–Crippen MR) is 87.7 cm³/mol. The molecule has 2 N–H and O–H groups in total. The molecule has 2 aromatic carbocycles. The first-order valence-corrected chi connectivity index (χ1v) is 7.27. The van der Waals surface area contributed by atoms with Gasteiger partial charge in [0.15, 0.2) is 0 Å². The molecule has 0 spiro atoms. The van der Waals surface area contributed by atoms with Gasteiger partial charge in [-0.1, -0.05) is 46.3 Å². The Morgan fingerprint density at radius 1 is 1.27 bits per heavy atom. The number of halogens is 1. The number of primary amides is 1. The predicted octanol–water partition coefficient (Wildman–Crippen LogP) is 3.42. The maximum absolute atomic E-state index is 11.2. The molecule has 4 nitrogen and oxygen atoms in total. The van der Waals surface area contributed by atoms with Gasteiger partial charge in [0.05, 0.1) is 0 Å². The highest BCUT2D eigenvalue weighted by Crippen LogP contribution is 2.26. The van der Waals surface area contributed by atoms with E-state index >= 15 is 0 Å². The van der Waals surface area contributed by atoms with Crippen LogP contribution in [-0.4, -0.2) is 5.91 Å². The second-order valence-electron chi connectivity index (χ2n) is 4.49. The zero-order valence-corrected chi connectivity index (χ0v) is 13.2. The SMILES string of the molecule is N#CC(=Cc1cc(Br)ccc1OCc1ccccc1)C(N)=O. The monoisotopic (exact) mass is 356 g/mol. The van der Waals surface area contributed by atoms with Crippen LogP contribution in [0, 0.1) is 11.3 Å². The summed E-state index contributed by atoms with van der Waals surface area (Å²) in [5, 5.41) is 8.95. The van der Waals surface area contributed by atoms with Gasteiger partial charge in [0, 0.05) is 10.0 Å². The molecule has 0 aromatic heterocycles. The van der Waals surface area contributed by atoms with Crippen LogP contribution in [0.15, 0.2) is 58.6 Å². The van der Waals surface area contributed by atoms with Crippen molar-refractivity contribution in [3.8, 4) is 11.8 Å². The third-order valence-electron chi connectivity index (χ3n) is 2.89. The topological polar surface area (TPSA) is 76.1 Å². The van der Waals surface area contributed by atoms with E-state index in [0.29, 0.717) is 17.9 Å². The molecule has 0 aliphatic carbocycles. The van der Waals surface area contributed by atoms with Crippen LogP contribution in [0.1, 0.15) is 11.1 Å². The van der Waals surface area contributed by atoms with E-state index in [-0.39, 0.29) is 5.57 Å². The number of carbonyl (C=O) groups excluding carboxylic acids is 1. The lowest BCUT2D eigenvalue weighted by molar-refractivity contribution is -0.114. The maximum atomic E-state index is 11.2. The molecule has 0 saturated carbocycles. The lowest BCUT2D eigenvalue weighted by Gasteiger charge is -2.10. The standard InChI is InChI=1S/C17H13BrN2O2/c18-15-6-7-16(22-11-12-4-2-1-3-5-12)13(9-15)8-14(10-19)17(20)21/h1-9H,11H2,(H2,20,21). The van der Waals surface area contributed by atoms with Gasteiger partial charge in [0.2, 0.25) is 0 Å². The van der Waals surface area contributed by atoms with Crippen molar-refractivity contribution in [2.24, 2.45) is 5.73 Å². The van der Waals surface area contributed by atoms with Crippen LogP contribution in [0.4, 0.5) is 0 Å². The molecule has 2 rings (SSSR count). The summed E-state index contributed by atoms with van der Waals surface area (Å²) in [6, 6.07) is 16.9. The number of ether oxygens (including phenoxy) is 1. The largest absolute Gasteiger partial charge is 0.488 e. The van der Waals surface area contributed by atoms with Crippen LogP contribution < -0.4 is 10.5 Å². The number of amides is 1. The van der Waals surface area contributed by atoms with Gasteiger partial charge < -0.3 is 10.5 Å². The van der Waals surface area contributed by atoms with Crippen molar-refractivity contribution >= 4 is 27.9 Å². The summed E-state index contributed by atoms with van der Waals surface area (Å²) < 4.78 is 6.59. The number of nitrogens with two attached hydrogens (primary N) is 1. The Morgan fingerprint density at radius 3 is 2.64 bits per heavy atom. The molecule has 1 amide bonds. The molecule has 0 atom stereocenters. The zero-order chi connectivity index (χ0) is 15.9. The first-order valence-electron chi connectivity index (χ1n) is 6.48. The van der Waals surface area contributed by atoms with Crippen molar-refractivity contribution in [2.45, 2.75) is 6.61 Å². The van der Waals surface area contributed by atoms with E-state index < -0.39 is 5.91 Å². The number of hydrogen-bond donors (Lipinski definition) is 1. The lowest BCUT2D eigenvalue weighted by atomic mass is 10.1. The molecular weight excluding hydrogens is 344 g/mol. The van der Waals surface area contributed by atoms with E-state index in [1.807, 2.05) is 36.4 Å². The average molecular weight is 357 g/mol. The molecule has 0 heterocycles. The van der Waals surface area contributed by atoms with Crippen molar-refractivity contribution in [3.05, 3.63) is 69.7 Å². The minimum Gasteiger partial charge on any atom is -0.488 e. The highest BCUT2D eigenvalue weighted by molar-refractivity contribution is 9.10. The normalized spacial score (nSPS) is 10.8. The van der Waals surface area contributed by atoms with E-state index in [9.17, 15) is 4.79 Å². The third-order valence-corrected chi connectivity index (χ3v) is 3.39. The molecular formula is C17H13BrN2O2. The Kier molecular flexibility index (Phi) is 5.34. The first kappa shape index (κ1) is 15.8. The van der Waals surface area contributed by atoms with Gasteiger partial charge in [-0.05, 0) is 29.8 Å². The number of nitriles is 1. The molecule has 0 aliphatic heterocycles. The Bertz CT molecular complexity index is 749. The van der Waals surface area contributed by atoms with Crippen LogP contribution in [-0.2, 0) is 11.4 Å². The molecule has 5 heteroatoms. The Hall–Kier alpha value is -2.58. The number of benzene rings is 2. The fourth-order valence-corrected chi connectivity index (χ4v) is 2.19. The van der Waals surface area contributed by atoms with Crippen LogP contribution in [0.25, 0.3) is 6.08 Å². The number of nitrogens with zero attached hydrogens (tertiary/aromatic N) is 1. The minimum atomic E-state index is -0.767. The van der Waals surface area contributed by atoms with Gasteiger partial charge in [0.25, 0.3) is 5.91 Å². The molecule has 0 unspecified atom stereocenters. The highest BCUT2D eigenvalue weighted by atomic mass is 79.9. The second-order valence-corrected chi connectivity index (χ2v) is 5.41. The van der Waals surface area contributed by atoms with Gasteiger partial charge in [-0.25, -0.2) is 0 Å². The second kappa shape index (κ2) is 7.43. The van der Waals surface area contributed by atoms with E-state index in [2.05, 4.69) is 15.9 Å². The minimum absolute atomic E-state index is 0.123. The molecule has 2 aromatic rings. The lowest BCUT2D eigenvalue weighted by Crippen LogP contribution is -2.12. The molecule has 22 heavy (non-hydrogen) atoms. The molecule has 0 radical (unpaired) electrons. The van der Waals surface area contributed by atoms with Crippen molar-refractivity contribution < 1.29 is 9.53 Å². The fourth-order valence-electron chi connectivity index (χ4n) is 1.81. The van der Waals surface area contributed by atoms with Crippen LogP contribution in [0.5, 0.6) is 5.75 Å². The summed E-state index contributed by atoms with van der Waals surface area (Å²) >= 11 is 3.36. The third kappa shape index (κ3) is 4.21. The van der Waals surface area contributed by atoms with E-state index in [4.69, 9.17) is 15.7 Å². The summed E-state index contributed by atoms with van der Waals surface area (Å²) in [6.45, 7) is 0.391. The highest BCUT2D eigenvalue weighted by Gasteiger charge is 2.08. The Labute approximate surface area is 136 Å². The van der Waals surface area contributed by atoms with Crippen LogP contribution in [0.3, 0.4) is 0 Å². The summed E-state index contributed by atoms with van der Waals surface area (Å²) in [7, 11) is 0. The Morgan fingerprint density at radius 2 is 2.00 bits per heavy atom. The smallest absolute Gasteiger partial charge is 0.259 e. The quantitative estimate of drug-likeness (QED) is 0.658. The molecule has 0 aliphatic rings. The molecule has 0 fully saturated rings. The maximum Gasteiger partial charge on any atom is 0.259 e. The average Bonchev–Trinajstić information content (AvgIpc) is 2.52. The van der Waals surface area contributed by atoms with Gasteiger partial charge >= 0.3 is 0 Å². The summed E-state index contributed by atoms with van der Waals surface area (Å²) in [4.78, 5) is 11.2. The number of hydrogen-bond acceptors (Lipinski definition) is 3. The van der Waals surface area contributed by atoms with Crippen molar-refractivity contribution in [2.75, 3.05) is 0 Å². The van der Waals surface area contributed by atoms with Gasteiger partial charge in [0.1, 0.15) is 24.0 Å².